The summed E-state index contributed by atoms with van der Waals surface area (Å²) in [5.41, 5.74) is 0.565. The van der Waals surface area contributed by atoms with Crippen molar-refractivity contribution in [3.05, 3.63) is 86.1 Å². The van der Waals surface area contributed by atoms with Gasteiger partial charge < -0.3 is 18.7 Å². The van der Waals surface area contributed by atoms with Gasteiger partial charge in [-0.3, -0.25) is 4.79 Å². The van der Waals surface area contributed by atoms with Gasteiger partial charge in [0.05, 0.1) is 5.39 Å². The summed E-state index contributed by atoms with van der Waals surface area (Å²) in [6, 6.07) is 11.9. The highest BCUT2D eigenvalue weighted by atomic mass is 16.5. The number of para-hydroxylation sites is 1. The zero-order valence-corrected chi connectivity index (χ0v) is 15.4. The van der Waals surface area contributed by atoms with Crippen LogP contribution in [0.2, 0.25) is 0 Å². The summed E-state index contributed by atoms with van der Waals surface area (Å²) >= 11 is 0. The molecule has 0 saturated carbocycles. The summed E-state index contributed by atoms with van der Waals surface area (Å²) in [4.78, 5) is 36.4. The molecule has 0 amide bonds. The van der Waals surface area contributed by atoms with Gasteiger partial charge in [-0.25, -0.2) is 9.59 Å². The van der Waals surface area contributed by atoms with Gasteiger partial charge in [-0.2, -0.15) is 0 Å². The average Bonchev–Trinajstić information content (AvgIpc) is 2.71. The van der Waals surface area contributed by atoms with Gasteiger partial charge in [0, 0.05) is 29.1 Å². The summed E-state index contributed by atoms with van der Waals surface area (Å²) < 4.78 is 15.9. The van der Waals surface area contributed by atoms with E-state index in [1.165, 1.54) is 12.1 Å². The molecule has 0 saturated heterocycles. The maximum atomic E-state index is 12.4. The number of fused-ring (bicyclic) bond motifs is 2. The lowest BCUT2D eigenvalue weighted by Gasteiger charge is -2.09. The number of rotatable bonds is 4. The van der Waals surface area contributed by atoms with Gasteiger partial charge in [0.25, 0.3) is 0 Å². The van der Waals surface area contributed by atoms with Gasteiger partial charge in [-0.15, -0.1) is 0 Å². The number of carbonyl (C=O) groups excluding carboxylic acids is 1. The molecule has 7 nitrogen and oxygen atoms in total. The molecule has 2 heterocycles. The molecule has 146 valence electrons. The van der Waals surface area contributed by atoms with Gasteiger partial charge in [0.1, 0.15) is 23.5 Å². The molecule has 0 unspecified atom stereocenters. The van der Waals surface area contributed by atoms with E-state index in [0.29, 0.717) is 28.3 Å². The maximum Gasteiger partial charge on any atom is 0.374 e. The van der Waals surface area contributed by atoms with E-state index in [1.54, 1.807) is 30.3 Å². The first kappa shape index (κ1) is 18.5. The van der Waals surface area contributed by atoms with Crippen LogP contribution in [0.4, 0.5) is 0 Å². The van der Waals surface area contributed by atoms with E-state index in [2.05, 4.69) is 0 Å². The number of aryl methyl sites for hydroxylation is 1. The van der Waals surface area contributed by atoms with Crippen molar-refractivity contribution in [3.8, 4) is 5.75 Å². The monoisotopic (exact) mass is 392 g/mol. The predicted molar refractivity (Wildman–Crippen MR) is 105 cm³/mol. The fourth-order valence-electron chi connectivity index (χ4n) is 3.13. The van der Waals surface area contributed by atoms with E-state index in [4.69, 9.17) is 13.6 Å². The topological polar surface area (TPSA) is 107 Å². The van der Waals surface area contributed by atoms with Crippen LogP contribution in [-0.2, 0) is 17.8 Å². The van der Waals surface area contributed by atoms with Crippen molar-refractivity contribution in [2.45, 2.75) is 20.0 Å². The Hall–Kier alpha value is -3.87. The molecule has 0 spiro atoms. The summed E-state index contributed by atoms with van der Waals surface area (Å²) in [5.74, 6) is -1.04. The number of aromatic hydroxyl groups is 1. The third kappa shape index (κ3) is 3.50. The van der Waals surface area contributed by atoms with E-state index >= 15 is 0 Å². The Morgan fingerprint density at radius 1 is 0.966 bits per heavy atom. The minimum atomic E-state index is -0.830. The SMILES string of the molecule is CCc1cc2c(COC(=O)c3cc(=O)c4ccccc4o3)cc(=O)oc2cc1O. The highest BCUT2D eigenvalue weighted by molar-refractivity contribution is 5.89. The Kier molecular flexibility index (Phi) is 4.64. The van der Waals surface area contributed by atoms with E-state index in [1.807, 2.05) is 6.92 Å². The largest absolute Gasteiger partial charge is 0.508 e. The first-order valence-electron chi connectivity index (χ1n) is 8.95. The van der Waals surface area contributed by atoms with Crippen LogP contribution in [0.25, 0.3) is 21.9 Å². The minimum Gasteiger partial charge on any atom is -0.508 e. The fourth-order valence-corrected chi connectivity index (χ4v) is 3.13. The van der Waals surface area contributed by atoms with E-state index in [9.17, 15) is 19.5 Å². The zero-order chi connectivity index (χ0) is 20.5. The number of esters is 1. The Bertz CT molecular complexity index is 1360. The number of phenolic OH excluding ortho intramolecular Hbond substituents is 1. The van der Waals surface area contributed by atoms with Crippen LogP contribution in [0.3, 0.4) is 0 Å². The molecule has 0 bridgehead atoms. The van der Waals surface area contributed by atoms with Crippen LogP contribution in [0, 0.1) is 0 Å². The smallest absolute Gasteiger partial charge is 0.374 e. The zero-order valence-electron chi connectivity index (χ0n) is 15.4. The van der Waals surface area contributed by atoms with Crippen LogP contribution < -0.4 is 11.1 Å². The molecule has 29 heavy (non-hydrogen) atoms. The van der Waals surface area contributed by atoms with Crippen LogP contribution in [-0.4, -0.2) is 11.1 Å². The van der Waals surface area contributed by atoms with Crippen LogP contribution >= 0.6 is 0 Å². The number of carbonyl (C=O) groups is 1. The average molecular weight is 392 g/mol. The van der Waals surface area contributed by atoms with Gasteiger partial charge in [0.2, 0.25) is 5.76 Å². The number of ether oxygens (including phenoxy) is 1. The lowest BCUT2D eigenvalue weighted by Crippen LogP contribution is -2.11. The van der Waals surface area contributed by atoms with Gasteiger partial charge >= 0.3 is 11.6 Å². The number of hydrogen-bond donors (Lipinski definition) is 1. The quantitative estimate of drug-likeness (QED) is 0.418. The van der Waals surface area contributed by atoms with Crippen molar-refractivity contribution in [1.29, 1.82) is 0 Å². The molecule has 0 fully saturated rings. The van der Waals surface area contributed by atoms with Gasteiger partial charge in [-0.05, 0) is 30.2 Å². The molecule has 0 aliphatic rings. The van der Waals surface area contributed by atoms with Crippen molar-refractivity contribution < 1.29 is 23.5 Å². The molecule has 2 aromatic carbocycles. The Balaban J connectivity index is 1.67. The molecule has 0 atom stereocenters. The number of benzene rings is 2. The van der Waals surface area contributed by atoms with Crippen LogP contribution in [0.15, 0.2) is 67.0 Å². The maximum absolute atomic E-state index is 12.4. The minimum absolute atomic E-state index is 0.0234. The lowest BCUT2D eigenvalue weighted by molar-refractivity contribution is 0.0438. The van der Waals surface area contributed by atoms with Crippen molar-refractivity contribution in [2.75, 3.05) is 0 Å². The van der Waals surface area contributed by atoms with Gasteiger partial charge in [-0.1, -0.05) is 19.1 Å². The van der Waals surface area contributed by atoms with E-state index in [-0.39, 0.29) is 34.7 Å². The van der Waals surface area contributed by atoms with Crippen molar-refractivity contribution in [3.63, 3.8) is 0 Å². The third-order valence-corrected chi connectivity index (χ3v) is 4.60. The second-order valence-corrected chi connectivity index (χ2v) is 6.47. The highest BCUT2D eigenvalue weighted by Crippen LogP contribution is 2.27. The lowest BCUT2D eigenvalue weighted by atomic mass is 10.0. The molecule has 1 N–H and O–H groups in total. The predicted octanol–water partition coefficient (Wildman–Crippen LogP) is 3.52. The molecule has 0 aliphatic heterocycles. The molecule has 4 aromatic rings. The molecule has 2 aromatic heterocycles. The standard InChI is InChI=1S/C22H16O7/c1-2-12-7-15-13(8-21(25)29-19(15)9-16(12)23)11-27-22(26)20-10-17(24)14-5-3-4-6-18(14)28-20/h3-10,23H,2,11H2,1H3. The highest BCUT2D eigenvalue weighted by Gasteiger charge is 2.16. The normalized spacial score (nSPS) is 11.1. The molecule has 0 aliphatic carbocycles. The summed E-state index contributed by atoms with van der Waals surface area (Å²) in [5, 5.41) is 10.9. The first-order chi connectivity index (χ1) is 14.0. The van der Waals surface area contributed by atoms with Crippen molar-refractivity contribution in [2.24, 2.45) is 0 Å². The molecular formula is C22H16O7. The van der Waals surface area contributed by atoms with E-state index < -0.39 is 11.6 Å². The first-order valence-corrected chi connectivity index (χ1v) is 8.95. The Morgan fingerprint density at radius 3 is 2.55 bits per heavy atom. The number of hydrogen-bond acceptors (Lipinski definition) is 7. The molecule has 7 heteroatoms. The van der Waals surface area contributed by atoms with Crippen molar-refractivity contribution in [1.82, 2.24) is 0 Å². The molecule has 0 radical (unpaired) electrons. The second kappa shape index (κ2) is 7.27. The Labute approximate surface area is 163 Å². The summed E-state index contributed by atoms with van der Waals surface area (Å²) in [6.45, 7) is 1.65. The summed E-state index contributed by atoms with van der Waals surface area (Å²) in [6.07, 6.45) is 0.572. The third-order valence-electron chi connectivity index (χ3n) is 4.60. The second-order valence-electron chi connectivity index (χ2n) is 6.47. The number of phenols is 1. The summed E-state index contributed by atoms with van der Waals surface area (Å²) in [7, 11) is 0. The Morgan fingerprint density at radius 2 is 1.76 bits per heavy atom. The molecular weight excluding hydrogens is 376 g/mol. The van der Waals surface area contributed by atoms with Crippen LogP contribution in [0.1, 0.15) is 28.6 Å². The van der Waals surface area contributed by atoms with Crippen molar-refractivity contribution >= 4 is 27.9 Å². The fraction of sp³-hybridized carbons (Fsp3) is 0.136. The molecule has 4 rings (SSSR count). The van der Waals surface area contributed by atoms with E-state index in [0.717, 1.165) is 6.07 Å². The van der Waals surface area contributed by atoms with Crippen LogP contribution in [0.5, 0.6) is 5.75 Å². The van der Waals surface area contributed by atoms with Gasteiger partial charge in [0.15, 0.2) is 5.43 Å².